The zero-order chi connectivity index (χ0) is 22.2. The number of hydrogen-bond acceptors (Lipinski definition) is 5. The van der Waals surface area contributed by atoms with Gasteiger partial charge in [-0.2, -0.15) is 0 Å². The molecule has 2 aromatic rings. The third-order valence-corrected chi connectivity index (χ3v) is 6.98. The Morgan fingerprint density at radius 1 is 1.28 bits per heavy atom. The zero-order valence-corrected chi connectivity index (χ0v) is 18.2. The monoisotopic (exact) mass is 453 g/mol. The molecule has 1 aliphatic carbocycles. The molecule has 0 aromatic heterocycles. The van der Waals surface area contributed by atoms with Crippen molar-refractivity contribution in [1.29, 1.82) is 0 Å². The van der Waals surface area contributed by atoms with E-state index in [9.17, 15) is 14.9 Å². The number of nitrogens with one attached hydrogen (secondary N) is 2. The van der Waals surface area contributed by atoms with Crippen LogP contribution in [0, 0.1) is 16.0 Å². The molecule has 4 unspecified atom stereocenters. The molecule has 0 radical (unpaired) electrons. The number of nitro groups is 1. The minimum absolute atomic E-state index is 0.0855. The number of fused-ring (bicyclic) bond motifs is 3. The summed E-state index contributed by atoms with van der Waals surface area (Å²) in [5.41, 5.74) is 3.40. The van der Waals surface area contributed by atoms with Crippen LogP contribution in [-0.2, 0) is 4.74 Å². The molecular weight excluding hydrogens is 430 g/mol. The molecule has 2 N–H and O–H groups in total. The van der Waals surface area contributed by atoms with Crippen LogP contribution in [0.2, 0.25) is 5.02 Å². The summed E-state index contributed by atoms with van der Waals surface area (Å²) in [5.74, 6) is 0.239. The van der Waals surface area contributed by atoms with Crippen LogP contribution in [0.5, 0.6) is 0 Å². The maximum atomic E-state index is 12.7. The molecule has 2 aliphatic heterocycles. The summed E-state index contributed by atoms with van der Waals surface area (Å²) in [7, 11) is 0. The number of anilines is 1. The second-order valence-electron chi connectivity index (χ2n) is 8.59. The Bertz CT molecular complexity index is 1100. The van der Waals surface area contributed by atoms with E-state index in [1.165, 1.54) is 0 Å². The van der Waals surface area contributed by atoms with Gasteiger partial charge in [-0.05, 0) is 60.6 Å². The Balaban J connectivity index is 1.40. The van der Waals surface area contributed by atoms with Crippen LogP contribution in [0.1, 0.15) is 52.7 Å². The third kappa shape index (κ3) is 3.87. The molecular formula is C24H24ClN3O4. The van der Waals surface area contributed by atoms with E-state index in [-0.39, 0.29) is 40.6 Å². The smallest absolute Gasteiger partial charge is 0.288 e. The van der Waals surface area contributed by atoms with E-state index in [0.29, 0.717) is 12.1 Å². The van der Waals surface area contributed by atoms with Gasteiger partial charge in [0.1, 0.15) is 5.02 Å². The number of rotatable bonds is 5. The molecule has 0 bridgehead atoms. The van der Waals surface area contributed by atoms with Crippen molar-refractivity contribution in [3.05, 3.63) is 80.4 Å². The average Bonchev–Trinajstić information content (AvgIpc) is 3.49. The Kier molecular flexibility index (Phi) is 5.61. The molecule has 0 spiro atoms. The summed E-state index contributed by atoms with van der Waals surface area (Å²) in [4.78, 5) is 23.6. The van der Waals surface area contributed by atoms with Crippen molar-refractivity contribution in [2.45, 2.75) is 37.3 Å². The first-order valence-corrected chi connectivity index (χ1v) is 11.3. The Hall–Kier alpha value is -2.90. The van der Waals surface area contributed by atoms with Crippen LogP contribution >= 0.6 is 11.6 Å². The summed E-state index contributed by atoms with van der Waals surface area (Å²) < 4.78 is 5.59. The minimum atomic E-state index is -0.450. The molecule has 3 aliphatic rings. The van der Waals surface area contributed by atoms with Crippen LogP contribution in [-0.4, -0.2) is 30.1 Å². The van der Waals surface area contributed by atoms with Gasteiger partial charge >= 0.3 is 0 Å². The number of carbonyl (C=O) groups excluding carboxylic acids is 1. The lowest BCUT2D eigenvalue weighted by Gasteiger charge is -2.37. The van der Waals surface area contributed by atoms with Crippen LogP contribution in [0.3, 0.4) is 0 Å². The molecule has 4 atom stereocenters. The quantitative estimate of drug-likeness (QED) is 0.378. The standard InChI is InChI=1S/C24H24ClN3O4/c25-20-8-6-14(12-22(20)28(30)31)23-18-5-1-4-17(18)19-11-15(7-9-21(19)27-23)24(29)26-13-16-3-2-10-32-16/h1,4,6-9,11-12,16-18,23,27H,2-3,5,10,13H2,(H,26,29). The lowest BCUT2D eigenvalue weighted by atomic mass is 9.76. The molecule has 1 fully saturated rings. The SMILES string of the molecule is O=C(NCC1CCCO1)c1ccc2c(c1)C1C=CCC1C(c1ccc(Cl)c([N+](=O)[O-])c1)N2. The van der Waals surface area contributed by atoms with Gasteiger partial charge in [0.05, 0.1) is 17.1 Å². The number of allylic oxidation sites excluding steroid dienone is 2. The van der Waals surface area contributed by atoms with Gasteiger partial charge in [-0.15, -0.1) is 0 Å². The van der Waals surface area contributed by atoms with E-state index in [0.717, 1.165) is 42.7 Å². The molecule has 8 heteroatoms. The maximum absolute atomic E-state index is 12.7. The third-order valence-electron chi connectivity index (χ3n) is 6.67. The zero-order valence-electron chi connectivity index (χ0n) is 17.4. The molecule has 5 rings (SSSR count). The van der Waals surface area contributed by atoms with Crippen LogP contribution in [0.25, 0.3) is 0 Å². The molecule has 2 aromatic carbocycles. The van der Waals surface area contributed by atoms with Crippen molar-refractivity contribution in [3.8, 4) is 0 Å². The Morgan fingerprint density at radius 2 is 2.16 bits per heavy atom. The summed E-state index contributed by atoms with van der Waals surface area (Å²) >= 11 is 6.02. The van der Waals surface area contributed by atoms with Gasteiger partial charge < -0.3 is 15.4 Å². The normalized spacial score (nSPS) is 25.7. The number of carbonyl (C=O) groups is 1. The minimum Gasteiger partial charge on any atom is -0.378 e. The Morgan fingerprint density at radius 3 is 2.94 bits per heavy atom. The topological polar surface area (TPSA) is 93.5 Å². The molecule has 1 saturated heterocycles. The maximum Gasteiger partial charge on any atom is 0.288 e. The Labute approximate surface area is 190 Å². The van der Waals surface area contributed by atoms with Crippen molar-refractivity contribution in [1.82, 2.24) is 5.32 Å². The fraction of sp³-hybridized carbons (Fsp3) is 0.375. The predicted octanol–water partition coefficient (Wildman–Crippen LogP) is 4.98. The van der Waals surface area contributed by atoms with Crippen molar-refractivity contribution in [3.63, 3.8) is 0 Å². The van der Waals surface area contributed by atoms with Crippen molar-refractivity contribution in [2.24, 2.45) is 5.92 Å². The van der Waals surface area contributed by atoms with Gasteiger partial charge in [0.25, 0.3) is 11.6 Å². The summed E-state index contributed by atoms with van der Waals surface area (Å²) in [6.45, 7) is 1.29. The van der Waals surface area contributed by atoms with Crippen LogP contribution < -0.4 is 10.6 Å². The molecule has 0 saturated carbocycles. The first kappa shape index (κ1) is 21.0. The van der Waals surface area contributed by atoms with Gasteiger partial charge in [-0.25, -0.2) is 0 Å². The molecule has 166 valence electrons. The highest BCUT2D eigenvalue weighted by atomic mass is 35.5. The molecule has 7 nitrogen and oxygen atoms in total. The van der Waals surface area contributed by atoms with Crippen LogP contribution in [0.4, 0.5) is 11.4 Å². The fourth-order valence-corrected chi connectivity index (χ4v) is 5.23. The van der Waals surface area contributed by atoms with E-state index in [4.69, 9.17) is 16.3 Å². The fourth-order valence-electron chi connectivity index (χ4n) is 5.04. The lowest BCUT2D eigenvalue weighted by Crippen LogP contribution is -2.32. The van der Waals surface area contributed by atoms with Gasteiger partial charge in [-0.1, -0.05) is 29.8 Å². The van der Waals surface area contributed by atoms with Crippen LogP contribution in [0.15, 0.2) is 48.6 Å². The van der Waals surface area contributed by atoms with Crippen molar-refractivity contribution >= 4 is 28.9 Å². The highest BCUT2D eigenvalue weighted by Gasteiger charge is 2.38. The van der Waals surface area contributed by atoms with E-state index >= 15 is 0 Å². The highest BCUT2D eigenvalue weighted by molar-refractivity contribution is 6.32. The first-order chi connectivity index (χ1) is 15.5. The number of nitrogens with zero attached hydrogens (tertiary/aromatic N) is 1. The number of nitro benzene ring substituents is 1. The van der Waals surface area contributed by atoms with E-state index in [2.05, 4.69) is 22.8 Å². The van der Waals surface area contributed by atoms with Crippen molar-refractivity contribution < 1.29 is 14.5 Å². The first-order valence-electron chi connectivity index (χ1n) is 10.9. The summed E-state index contributed by atoms with van der Waals surface area (Å²) in [6.07, 6.45) is 7.30. The van der Waals surface area contributed by atoms with E-state index in [1.807, 2.05) is 24.3 Å². The predicted molar refractivity (Wildman–Crippen MR) is 122 cm³/mol. The highest BCUT2D eigenvalue weighted by Crippen LogP contribution is 2.50. The number of ether oxygens (including phenoxy) is 1. The lowest BCUT2D eigenvalue weighted by molar-refractivity contribution is -0.384. The summed E-state index contributed by atoms with van der Waals surface area (Å²) in [6, 6.07) is 10.6. The number of hydrogen-bond donors (Lipinski definition) is 2. The second-order valence-corrected chi connectivity index (χ2v) is 9.00. The van der Waals surface area contributed by atoms with Gasteiger partial charge in [0.15, 0.2) is 0 Å². The van der Waals surface area contributed by atoms with E-state index < -0.39 is 4.92 Å². The second kappa shape index (κ2) is 8.56. The molecule has 1 amide bonds. The average molecular weight is 454 g/mol. The van der Waals surface area contributed by atoms with Crippen molar-refractivity contribution in [2.75, 3.05) is 18.5 Å². The molecule has 32 heavy (non-hydrogen) atoms. The largest absolute Gasteiger partial charge is 0.378 e. The number of halogens is 1. The number of benzene rings is 2. The van der Waals surface area contributed by atoms with E-state index in [1.54, 1.807) is 12.1 Å². The summed E-state index contributed by atoms with van der Waals surface area (Å²) in [5, 5.41) is 18.0. The van der Waals surface area contributed by atoms with Gasteiger partial charge in [-0.3, -0.25) is 14.9 Å². The van der Waals surface area contributed by atoms with Gasteiger partial charge in [0, 0.05) is 36.4 Å². The van der Waals surface area contributed by atoms with Gasteiger partial charge in [0.2, 0.25) is 0 Å². The number of amides is 1. The molecule has 2 heterocycles.